The second-order valence-corrected chi connectivity index (χ2v) is 5.05. The molecule has 0 aliphatic carbocycles. The van der Waals surface area contributed by atoms with Crippen molar-refractivity contribution in [1.82, 2.24) is 9.97 Å². The van der Waals surface area contributed by atoms with Crippen molar-refractivity contribution in [2.24, 2.45) is 0 Å². The summed E-state index contributed by atoms with van der Waals surface area (Å²) in [6.45, 7) is 0. The molecule has 0 atom stereocenters. The topological polar surface area (TPSA) is 51.8 Å². The number of benzene rings is 3. The van der Waals surface area contributed by atoms with Gasteiger partial charge in [0.05, 0.1) is 5.52 Å². The van der Waals surface area contributed by atoms with Crippen LogP contribution in [0.25, 0.3) is 32.8 Å². The summed E-state index contributed by atoms with van der Waals surface area (Å²) in [5, 5.41) is 3.44. The van der Waals surface area contributed by atoms with E-state index in [0.717, 1.165) is 27.7 Å². The zero-order valence-corrected chi connectivity index (χ0v) is 11.3. The van der Waals surface area contributed by atoms with Crippen LogP contribution in [0.1, 0.15) is 0 Å². The van der Waals surface area contributed by atoms with E-state index < -0.39 is 0 Å². The fourth-order valence-corrected chi connectivity index (χ4v) is 2.73. The molecule has 0 saturated carbocycles. The number of anilines is 1. The van der Waals surface area contributed by atoms with Crippen LogP contribution in [0.3, 0.4) is 0 Å². The molecule has 0 unspecified atom stereocenters. The summed E-state index contributed by atoms with van der Waals surface area (Å²) in [4.78, 5) is 8.55. The van der Waals surface area contributed by atoms with Crippen LogP contribution in [0.2, 0.25) is 0 Å². The number of nitrogen functional groups attached to an aromatic ring is 1. The molecule has 21 heavy (non-hydrogen) atoms. The lowest BCUT2D eigenvalue weighted by atomic mass is 9.95. The van der Waals surface area contributed by atoms with E-state index in [0.29, 0.717) is 0 Å². The van der Waals surface area contributed by atoms with E-state index in [1.807, 2.05) is 36.5 Å². The van der Waals surface area contributed by atoms with Crippen molar-refractivity contribution >= 4 is 27.4 Å². The Morgan fingerprint density at radius 1 is 0.810 bits per heavy atom. The van der Waals surface area contributed by atoms with Crippen LogP contribution in [-0.2, 0) is 0 Å². The van der Waals surface area contributed by atoms with Gasteiger partial charge in [-0.25, -0.2) is 9.97 Å². The third kappa shape index (κ3) is 1.91. The molecule has 2 N–H and O–H groups in total. The SMILES string of the molecule is Nc1ccc(-c2cc3ncncc3c3ccccc23)cc1. The lowest BCUT2D eigenvalue weighted by Crippen LogP contribution is -1.88. The van der Waals surface area contributed by atoms with Crippen LogP contribution in [0.4, 0.5) is 5.69 Å². The summed E-state index contributed by atoms with van der Waals surface area (Å²) in [6, 6.07) is 18.4. The number of hydrogen-bond donors (Lipinski definition) is 1. The molecule has 0 fully saturated rings. The largest absolute Gasteiger partial charge is 0.399 e. The standard InChI is InChI=1S/C18H13N3/c19-13-7-5-12(6-8-13)16-9-18-17(10-20-11-21-18)15-4-2-1-3-14(15)16/h1-11H,19H2. The van der Waals surface area contributed by atoms with Gasteiger partial charge in [0.2, 0.25) is 0 Å². The van der Waals surface area contributed by atoms with E-state index in [9.17, 15) is 0 Å². The molecule has 0 spiro atoms. The Balaban J connectivity index is 2.13. The minimum atomic E-state index is 0.770. The zero-order valence-electron chi connectivity index (χ0n) is 11.3. The second kappa shape index (κ2) is 4.56. The molecule has 0 bridgehead atoms. The molecule has 4 rings (SSSR count). The number of nitrogens with zero attached hydrogens (tertiary/aromatic N) is 2. The van der Waals surface area contributed by atoms with E-state index in [4.69, 9.17) is 5.73 Å². The molecule has 0 radical (unpaired) electrons. The third-order valence-electron chi connectivity index (χ3n) is 3.75. The number of hydrogen-bond acceptors (Lipinski definition) is 3. The first-order chi connectivity index (χ1) is 10.3. The molecule has 3 heteroatoms. The second-order valence-electron chi connectivity index (χ2n) is 5.05. The van der Waals surface area contributed by atoms with Crippen molar-refractivity contribution in [2.75, 3.05) is 5.73 Å². The average molecular weight is 271 g/mol. The van der Waals surface area contributed by atoms with Gasteiger partial charge in [-0.2, -0.15) is 0 Å². The maximum atomic E-state index is 5.79. The summed E-state index contributed by atoms with van der Waals surface area (Å²) in [7, 11) is 0. The predicted octanol–water partition coefficient (Wildman–Crippen LogP) is 4.03. The molecule has 100 valence electrons. The molecule has 3 aromatic carbocycles. The van der Waals surface area contributed by atoms with E-state index in [1.165, 1.54) is 10.8 Å². The highest BCUT2D eigenvalue weighted by molar-refractivity contribution is 6.12. The highest BCUT2D eigenvalue weighted by Gasteiger charge is 2.08. The van der Waals surface area contributed by atoms with Gasteiger partial charge in [0.15, 0.2) is 0 Å². The summed E-state index contributed by atoms with van der Waals surface area (Å²) in [5.74, 6) is 0. The number of aromatic nitrogens is 2. The minimum absolute atomic E-state index is 0.770. The number of rotatable bonds is 1. The van der Waals surface area contributed by atoms with Gasteiger partial charge in [-0.3, -0.25) is 0 Å². The molecule has 1 heterocycles. The molecule has 0 saturated heterocycles. The molecule has 0 aliphatic heterocycles. The number of nitrogens with two attached hydrogens (primary N) is 1. The van der Waals surface area contributed by atoms with Gasteiger partial charge in [0.25, 0.3) is 0 Å². The van der Waals surface area contributed by atoms with E-state index in [-0.39, 0.29) is 0 Å². The highest BCUT2D eigenvalue weighted by Crippen LogP contribution is 2.33. The Kier molecular flexibility index (Phi) is 2.57. The maximum Gasteiger partial charge on any atom is 0.116 e. The van der Waals surface area contributed by atoms with Gasteiger partial charge in [0.1, 0.15) is 6.33 Å². The first-order valence-corrected chi connectivity index (χ1v) is 6.80. The van der Waals surface area contributed by atoms with Crippen LogP contribution in [-0.4, -0.2) is 9.97 Å². The fraction of sp³-hybridized carbons (Fsp3) is 0. The van der Waals surface area contributed by atoms with E-state index in [2.05, 4.69) is 34.2 Å². The van der Waals surface area contributed by atoms with Crippen molar-refractivity contribution in [3.05, 3.63) is 67.1 Å². The summed E-state index contributed by atoms with van der Waals surface area (Å²) in [6.07, 6.45) is 3.46. The Hall–Kier alpha value is -2.94. The zero-order chi connectivity index (χ0) is 14.2. The van der Waals surface area contributed by atoms with Crippen LogP contribution in [0.15, 0.2) is 67.1 Å². The van der Waals surface area contributed by atoms with Gasteiger partial charge in [-0.1, -0.05) is 36.4 Å². The van der Waals surface area contributed by atoms with Crippen molar-refractivity contribution in [3.63, 3.8) is 0 Å². The minimum Gasteiger partial charge on any atom is -0.399 e. The molecule has 3 nitrogen and oxygen atoms in total. The van der Waals surface area contributed by atoms with Crippen molar-refractivity contribution in [2.45, 2.75) is 0 Å². The van der Waals surface area contributed by atoms with Gasteiger partial charge >= 0.3 is 0 Å². The summed E-state index contributed by atoms with van der Waals surface area (Å²) in [5.41, 5.74) is 9.81. The van der Waals surface area contributed by atoms with Gasteiger partial charge in [-0.05, 0) is 40.1 Å². The van der Waals surface area contributed by atoms with Crippen LogP contribution in [0, 0.1) is 0 Å². The molecular weight excluding hydrogens is 258 g/mol. The Labute approximate surface area is 122 Å². The van der Waals surface area contributed by atoms with Crippen molar-refractivity contribution in [3.8, 4) is 11.1 Å². The summed E-state index contributed by atoms with van der Waals surface area (Å²) >= 11 is 0. The smallest absolute Gasteiger partial charge is 0.116 e. The van der Waals surface area contributed by atoms with Gasteiger partial charge < -0.3 is 5.73 Å². The molecule has 0 aliphatic rings. The van der Waals surface area contributed by atoms with Crippen LogP contribution >= 0.6 is 0 Å². The average Bonchev–Trinajstić information content (AvgIpc) is 2.55. The molecule has 0 amide bonds. The fourth-order valence-electron chi connectivity index (χ4n) is 2.73. The van der Waals surface area contributed by atoms with Gasteiger partial charge in [0, 0.05) is 17.3 Å². The Morgan fingerprint density at radius 3 is 2.38 bits per heavy atom. The monoisotopic (exact) mass is 271 g/mol. The molecule has 1 aromatic heterocycles. The van der Waals surface area contributed by atoms with Crippen LogP contribution < -0.4 is 5.73 Å². The predicted molar refractivity (Wildman–Crippen MR) is 86.9 cm³/mol. The molecular formula is C18H13N3. The normalized spacial score (nSPS) is 11.0. The Bertz CT molecular complexity index is 943. The van der Waals surface area contributed by atoms with E-state index >= 15 is 0 Å². The quantitative estimate of drug-likeness (QED) is 0.420. The summed E-state index contributed by atoms with van der Waals surface area (Å²) < 4.78 is 0. The van der Waals surface area contributed by atoms with Gasteiger partial charge in [-0.15, -0.1) is 0 Å². The Morgan fingerprint density at radius 2 is 1.57 bits per heavy atom. The maximum absolute atomic E-state index is 5.79. The lowest BCUT2D eigenvalue weighted by Gasteiger charge is -2.10. The third-order valence-corrected chi connectivity index (χ3v) is 3.75. The van der Waals surface area contributed by atoms with Crippen molar-refractivity contribution in [1.29, 1.82) is 0 Å². The molecule has 4 aromatic rings. The lowest BCUT2D eigenvalue weighted by molar-refractivity contribution is 1.23. The van der Waals surface area contributed by atoms with E-state index in [1.54, 1.807) is 6.33 Å². The highest BCUT2D eigenvalue weighted by atomic mass is 14.8. The first-order valence-electron chi connectivity index (χ1n) is 6.80. The first kappa shape index (κ1) is 11.9. The number of fused-ring (bicyclic) bond motifs is 3. The van der Waals surface area contributed by atoms with Crippen LogP contribution in [0.5, 0.6) is 0 Å². The van der Waals surface area contributed by atoms with Crippen molar-refractivity contribution < 1.29 is 0 Å².